The minimum absolute atomic E-state index is 0.505. The van der Waals surface area contributed by atoms with Crippen LogP contribution in [-0.2, 0) is 0 Å². The molecule has 0 aliphatic heterocycles. The number of aromatic amines is 1. The van der Waals surface area contributed by atoms with Gasteiger partial charge < -0.3 is 9.72 Å². The Labute approximate surface area is 190 Å². The number of H-pyrrole nitrogens is 1. The standard InChI is InChI=1S/C25H23N7O/c1-3-29-31(4-2)13-14-33-21-7-5-18(6-8-21)22-9-10-24-27-17-23(32(24)30-22)20-15-19-11-12-26-25(19)28-16-20/h3-12,15-17H,2,13-14H2,1H3,(H,26,28)/b29-3-. The first kappa shape index (κ1) is 20.4. The Morgan fingerprint density at radius 3 is 2.79 bits per heavy atom. The van der Waals surface area contributed by atoms with Gasteiger partial charge in [-0.25, -0.2) is 14.5 Å². The number of benzene rings is 1. The molecule has 0 amide bonds. The first-order valence-electron chi connectivity index (χ1n) is 10.6. The van der Waals surface area contributed by atoms with Crippen molar-refractivity contribution < 1.29 is 4.74 Å². The molecule has 0 aliphatic rings. The molecule has 0 radical (unpaired) electrons. The van der Waals surface area contributed by atoms with E-state index in [1.165, 1.54) is 0 Å². The second-order valence-corrected chi connectivity index (χ2v) is 7.36. The molecule has 1 aromatic carbocycles. The van der Waals surface area contributed by atoms with Gasteiger partial charge in [0.2, 0.25) is 0 Å². The molecule has 0 atom stereocenters. The molecular weight excluding hydrogens is 414 g/mol. The highest BCUT2D eigenvalue weighted by atomic mass is 16.5. The van der Waals surface area contributed by atoms with Crippen LogP contribution in [0.1, 0.15) is 6.92 Å². The maximum absolute atomic E-state index is 5.83. The highest BCUT2D eigenvalue weighted by molar-refractivity contribution is 5.81. The molecule has 164 valence electrons. The van der Waals surface area contributed by atoms with Crippen LogP contribution >= 0.6 is 0 Å². The van der Waals surface area contributed by atoms with E-state index in [1.54, 1.807) is 17.4 Å². The Bertz CT molecular complexity index is 1430. The largest absolute Gasteiger partial charge is 0.492 e. The molecule has 8 nitrogen and oxygen atoms in total. The second-order valence-electron chi connectivity index (χ2n) is 7.36. The smallest absolute Gasteiger partial charge is 0.154 e. The van der Waals surface area contributed by atoms with E-state index in [9.17, 15) is 0 Å². The highest BCUT2D eigenvalue weighted by Gasteiger charge is 2.11. The van der Waals surface area contributed by atoms with Crippen LogP contribution in [0, 0.1) is 0 Å². The van der Waals surface area contributed by atoms with Crippen molar-refractivity contribution in [2.75, 3.05) is 13.2 Å². The van der Waals surface area contributed by atoms with Gasteiger partial charge in [-0.2, -0.15) is 10.2 Å². The van der Waals surface area contributed by atoms with E-state index in [4.69, 9.17) is 9.84 Å². The lowest BCUT2D eigenvalue weighted by Crippen LogP contribution is -2.17. The Hall–Kier alpha value is -4.46. The summed E-state index contributed by atoms with van der Waals surface area (Å²) in [6.45, 7) is 6.74. The number of rotatable bonds is 8. The number of imidazole rings is 1. The fraction of sp³-hybridized carbons (Fsp3) is 0.120. The van der Waals surface area contributed by atoms with Crippen molar-refractivity contribution in [2.45, 2.75) is 6.92 Å². The van der Waals surface area contributed by atoms with Crippen molar-refractivity contribution in [3.63, 3.8) is 0 Å². The summed E-state index contributed by atoms with van der Waals surface area (Å²) in [5, 5.41) is 11.8. The summed E-state index contributed by atoms with van der Waals surface area (Å²) in [6, 6.07) is 15.9. The Kier molecular flexibility index (Phi) is 5.55. The van der Waals surface area contributed by atoms with Gasteiger partial charge in [0.05, 0.1) is 24.1 Å². The molecule has 1 N–H and O–H groups in total. The third-order valence-electron chi connectivity index (χ3n) is 5.27. The lowest BCUT2D eigenvalue weighted by molar-refractivity contribution is 0.260. The van der Waals surface area contributed by atoms with E-state index in [-0.39, 0.29) is 0 Å². The predicted molar refractivity (Wildman–Crippen MR) is 130 cm³/mol. The van der Waals surface area contributed by atoms with Crippen LogP contribution in [-0.4, -0.2) is 48.9 Å². The van der Waals surface area contributed by atoms with Gasteiger partial charge in [-0.05, 0) is 55.5 Å². The SMILES string of the molecule is C=CN(CCOc1ccc(-c2ccc3ncc(-c4cnc5[nH]ccc5c4)n3n2)cc1)/N=C\C. The van der Waals surface area contributed by atoms with Crippen LogP contribution in [0.5, 0.6) is 5.75 Å². The number of pyridine rings is 1. The molecule has 0 saturated heterocycles. The molecule has 4 heterocycles. The summed E-state index contributed by atoms with van der Waals surface area (Å²) in [5.74, 6) is 0.790. The maximum Gasteiger partial charge on any atom is 0.154 e. The zero-order chi connectivity index (χ0) is 22.6. The van der Waals surface area contributed by atoms with Crippen molar-refractivity contribution in [1.29, 1.82) is 0 Å². The summed E-state index contributed by atoms with van der Waals surface area (Å²) in [4.78, 5) is 12.1. The summed E-state index contributed by atoms with van der Waals surface area (Å²) >= 11 is 0. The number of nitrogens with one attached hydrogen (secondary N) is 1. The fourth-order valence-corrected chi connectivity index (χ4v) is 3.63. The normalized spacial score (nSPS) is 11.4. The summed E-state index contributed by atoms with van der Waals surface area (Å²) in [6.07, 6.45) is 8.94. The monoisotopic (exact) mass is 437 g/mol. The number of nitrogens with zero attached hydrogens (tertiary/aromatic N) is 6. The van der Waals surface area contributed by atoms with Crippen molar-refractivity contribution in [2.24, 2.45) is 5.10 Å². The number of hydrogen-bond acceptors (Lipinski definition) is 6. The first-order valence-corrected chi connectivity index (χ1v) is 10.6. The molecule has 0 saturated carbocycles. The van der Waals surface area contributed by atoms with E-state index < -0.39 is 0 Å². The van der Waals surface area contributed by atoms with Crippen LogP contribution < -0.4 is 4.74 Å². The van der Waals surface area contributed by atoms with Gasteiger partial charge in [-0.15, -0.1) is 0 Å². The van der Waals surface area contributed by atoms with Gasteiger partial charge in [-0.3, -0.25) is 5.01 Å². The zero-order valence-electron chi connectivity index (χ0n) is 18.2. The highest BCUT2D eigenvalue weighted by Crippen LogP contribution is 2.25. The summed E-state index contributed by atoms with van der Waals surface area (Å²) < 4.78 is 7.68. The van der Waals surface area contributed by atoms with Gasteiger partial charge >= 0.3 is 0 Å². The fourth-order valence-electron chi connectivity index (χ4n) is 3.63. The van der Waals surface area contributed by atoms with Crippen molar-refractivity contribution >= 4 is 22.9 Å². The Morgan fingerprint density at radius 2 is 1.97 bits per heavy atom. The molecule has 0 unspecified atom stereocenters. The van der Waals surface area contributed by atoms with E-state index >= 15 is 0 Å². The zero-order valence-corrected chi connectivity index (χ0v) is 18.2. The number of hydrogen-bond donors (Lipinski definition) is 1. The van der Waals surface area contributed by atoms with Gasteiger partial charge in [0.15, 0.2) is 5.65 Å². The van der Waals surface area contributed by atoms with Crippen molar-refractivity contribution in [1.82, 2.24) is 29.6 Å². The number of hydrazone groups is 1. The van der Waals surface area contributed by atoms with Crippen LogP contribution in [0.3, 0.4) is 0 Å². The van der Waals surface area contributed by atoms with Gasteiger partial charge in [-0.1, -0.05) is 6.58 Å². The quantitative estimate of drug-likeness (QED) is 0.279. The lowest BCUT2D eigenvalue weighted by atomic mass is 10.1. The molecule has 0 bridgehead atoms. The maximum atomic E-state index is 5.83. The average Bonchev–Trinajstić information content (AvgIpc) is 3.50. The molecule has 0 spiro atoms. The van der Waals surface area contributed by atoms with Crippen molar-refractivity contribution in [3.05, 3.63) is 79.9 Å². The third kappa shape index (κ3) is 4.18. The average molecular weight is 438 g/mol. The summed E-state index contributed by atoms with van der Waals surface area (Å²) in [5.41, 5.74) is 5.33. The summed E-state index contributed by atoms with van der Waals surface area (Å²) in [7, 11) is 0. The number of ether oxygens (including phenoxy) is 1. The minimum Gasteiger partial charge on any atom is -0.492 e. The minimum atomic E-state index is 0.505. The molecule has 5 aromatic rings. The Morgan fingerprint density at radius 1 is 1.09 bits per heavy atom. The van der Waals surface area contributed by atoms with Crippen LogP contribution in [0.25, 0.3) is 39.2 Å². The van der Waals surface area contributed by atoms with Gasteiger partial charge in [0.1, 0.15) is 18.0 Å². The van der Waals surface area contributed by atoms with Crippen LogP contribution in [0.15, 0.2) is 85.0 Å². The lowest BCUT2D eigenvalue weighted by Gasteiger charge is -2.14. The first-order chi connectivity index (χ1) is 16.2. The van der Waals surface area contributed by atoms with E-state index in [1.807, 2.05) is 72.5 Å². The number of aromatic nitrogens is 5. The molecule has 8 heteroatoms. The van der Waals surface area contributed by atoms with Crippen LogP contribution in [0.4, 0.5) is 0 Å². The topological polar surface area (TPSA) is 83.7 Å². The molecule has 5 rings (SSSR count). The molecule has 0 aliphatic carbocycles. The third-order valence-corrected chi connectivity index (χ3v) is 5.27. The van der Waals surface area contributed by atoms with E-state index in [0.717, 1.165) is 44.9 Å². The second kappa shape index (κ2) is 8.96. The molecule has 33 heavy (non-hydrogen) atoms. The van der Waals surface area contributed by atoms with Gasteiger partial charge in [0.25, 0.3) is 0 Å². The molecule has 0 fully saturated rings. The van der Waals surface area contributed by atoms with Gasteiger partial charge in [0, 0.05) is 41.3 Å². The van der Waals surface area contributed by atoms with E-state index in [0.29, 0.717) is 13.2 Å². The Balaban J connectivity index is 1.36. The predicted octanol–water partition coefficient (Wildman–Crippen LogP) is 4.77. The number of fused-ring (bicyclic) bond motifs is 2. The van der Waals surface area contributed by atoms with Crippen molar-refractivity contribution in [3.8, 4) is 28.3 Å². The van der Waals surface area contributed by atoms with Crippen LogP contribution in [0.2, 0.25) is 0 Å². The molecule has 4 aromatic heterocycles. The van der Waals surface area contributed by atoms with E-state index in [2.05, 4.69) is 32.7 Å². The molecular formula is C25H23N7O.